The van der Waals surface area contributed by atoms with Gasteiger partial charge in [0.1, 0.15) is 17.2 Å². The van der Waals surface area contributed by atoms with E-state index >= 15 is 0 Å². The Labute approximate surface area is 195 Å². The van der Waals surface area contributed by atoms with Crippen molar-refractivity contribution >= 4 is 6.09 Å². The number of hydrogen-bond acceptors (Lipinski definition) is 4. The normalized spacial score (nSPS) is 18.2. The van der Waals surface area contributed by atoms with Gasteiger partial charge in [-0.3, -0.25) is 4.90 Å². The summed E-state index contributed by atoms with van der Waals surface area (Å²) in [4.78, 5) is 13.7. The molecule has 3 aromatic carbocycles. The number of nitrogens with two attached hydrogens (primary N) is 1. The minimum absolute atomic E-state index is 0.449. The standard InChI is InChI=1S/C28H30N2O3/c29-28(31)32-24-13-15-27-23(18-24)12-11-22-17-20(10-14-26(22)33-27)19-30-16-6-2-5-9-25(30)21-7-3-1-4-8-21/h1,3-4,7-8,10,13-15,17-18,25H,2,5-6,9,11-12,16,19H2,(H2,29,31). The molecule has 5 nitrogen and oxygen atoms in total. The van der Waals surface area contributed by atoms with Crippen LogP contribution in [0.1, 0.15) is 54.0 Å². The minimum Gasteiger partial charge on any atom is -0.457 e. The summed E-state index contributed by atoms with van der Waals surface area (Å²) in [5, 5.41) is 0. The number of ether oxygens (including phenoxy) is 2. The monoisotopic (exact) mass is 442 g/mol. The van der Waals surface area contributed by atoms with Crippen LogP contribution in [-0.4, -0.2) is 17.5 Å². The van der Waals surface area contributed by atoms with Crippen molar-refractivity contribution in [1.29, 1.82) is 0 Å². The number of fused-ring (bicyclic) bond motifs is 2. The highest BCUT2D eigenvalue weighted by atomic mass is 16.5. The summed E-state index contributed by atoms with van der Waals surface area (Å²) < 4.78 is 11.3. The molecule has 0 radical (unpaired) electrons. The number of carbonyl (C=O) groups is 1. The Morgan fingerprint density at radius 3 is 2.48 bits per heavy atom. The van der Waals surface area contributed by atoms with E-state index in [4.69, 9.17) is 15.2 Å². The molecule has 1 atom stereocenters. The molecule has 0 aliphatic carbocycles. The molecule has 0 bridgehead atoms. The van der Waals surface area contributed by atoms with Crippen LogP contribution in [0.4, 0.5) is 4.79 Å². The van der Waals surface area contributed by atoms with E-state index in [1.54, 1.807) is 6.07 Å². The number of rotatable bonds is 4. The maximum absolute atomic E-state index is 11.1. The smallest absolute Gasteiger partial charge is 0.409 e. The summed E-state index contributed by atoms with van der Waals surface area (Å²) in [6, 6.07) is 23.4. The number of primary amides is 1. The van der Waals surface area contributed by atoms with Crippen LogP contribution in [0.25, 0.3) is 0 Å². The minimum atomic E-state index is -0.806. The first-order chi connectivity index (χ1) is 16.2. The molecule has 3 aromatic rings. The summed E-state index contributed by atoms with van der Waals surface area (Å²) in [7, 11) is 0. The predicted octanol–water partition coefficient (Wildman–Crippen LogP) is 6.15. The number of aryl methyl sites for hydroxylation is 2. The molecule has 33 heavy (non-hydrogen) atoms. The molecule has 170 valence electrons. The summed E-state index contributed by atoms with van der Waals surface area (Å²) >= 11 is 0. The van der Waals surface area contributed by atoms with Crippen molar-refractivity contribution in [2.24, 2.45) is 5.73 Å². The van der Waals surface area contributed by atoms with Gasteiger partial charge in [-0.2, -0.15) is 0 Å². The molecule has 2 N–H and O–H groups in total. The van der Waals surface area contributed by atoms with Crippen LogP contribution < -0.4 is 15.2 Å². The Morgan fingerprint density at radius 2 is 1.70 bits per heavy atom. The summed E-state index contributed by atoms with van der Waals surface area (Å²) in [6.07, 6.45) is 5.94. The average molecular weight is 443 g/mol. The van der Waals surface area contributed by atoms with Crippen LogP contribution in [0.5, 0.6) is 17.2 Å². The molecule has 1 amide bonds. The molecule has 2 aliphatic rings. The molecule has 2 aliphatic heterocycles. The maximum atomic E-state index is 11.1. The van der Waals surface area contributed by atoms with Gasteiger partial charge in [0.2, 0.25) is 0 Å². The van der Waals surface area contributed by atoms with Crippen molar-refractivity contribution in [3.05, 3.63) is 89.0 Å². The SMILES string of the molecule is NC(=O)Oc1ccc2c(c1)CCc1cc(CN3CCCCCC3c3ccccc3)ccc1O2. The fourth-order valence-electron chi connectivity index (χ4n) is 5.09. The van der Waals surface area contributed by atoms with Gasteiger partial charge in [0, 0.05) is 12.6 Å². The molecule has 1 saturated heterocycles. The average Bonchev–Trinajstić information content (AvgIpc) is 3.15. The highest BCUT2D eigenvalue weighted by molar-refractivity contribution is 5.68. The number of amides is 1. The Balaban J connectivity index is 1.35. The number of likely N-dealkylation sites (tertiary alicyclic amines) is 1. The summed E-state index contributed by atoms with van der Waals surface area (Å²) in [6.45, 7) is 2.07. The lowest BCUT2D eigenvalue weighted by Gasteiger charge is -2.30. The highest BCUT2D eigenvalue weighted by Crippen LogP contribution is 2.37. The number of benzene rings is 3. The zero-order valence-electron chi connectivity index (χ0n) is 18.8. The number of hydrogen-bond donors (Lipinski definition) is 1. The molecule has 1 unspecified atom stereocenters. The third-order valence-corrected chi connectivity index (χ3v) is 6.69. The molecule has 0 aromatic heterocycles. The fourth-order valence-corrected chi connectivity index (χ4v) is 5.09. The maximum Gasteiger partial charge on any atom is 0.409 e. The van der Waals surface area contributed by atoms with Crippen molar-refractivity contribution in [3.8, 4) is 17.2 Å². The first-order valence-electron chi connectivity index (χ1n) is 11.8. The molecule has 5 heteroatoms. The second-order valence-electron chi connectivity index (χ2n) is 8.98. The van der Waals surface area contributed by atoms with Gasteiger partial charge in [-0.1, -0.05) is 55.3 Å². The van der Waals surface area contributed by atoms with E-state index in [-0.39, 0.29) is 0 Å². The molecule has 2 heterocycles. The molecule has 1 fully saturated rings. The van der Waals surface area contributed by atoms with Crippen LogP contribution in [0.15, 0.2) is 66.7 Å². The fraction of sp³-hybridized carbons (Fsp3) is 0.321. The zero-order valence-corrected chi connectivity index (χ0v) is 18.8. The van der Waals surface area contributed by atoms with Crippen molar-refractivity contribution in [2.75, 3.05) is 6.54 Å². The van der Waals surface area contributed by atoms with E-state index in [1.807, 2.05) is 12.1 Å². The third kappa shape index (κ3) is 5.04. The van der Waals surface area contributed by atoms with Gasteiger partial charge in [-0.25, -0.2) is 4.79 Å². The first-order valence-corrected chi connectivity index (χ1v) is 11.8. The number of nitrogens with zero attached hydrogens (tertiary/aromatic N) is 1. The van der Waals surface area contributed by atoms with E-state index in [0.29, 0.717) is 11.8 Å². The van der Waals surface area contributed by atoms with E-state index in [9.17, 15) is 4.79 Å². The van der Waals surface area contributed by atoms with Gasteiger partial charge >= 0.3 is 6.09 Å². The van der Waals surface area contributed by atoms with Crippen molar-refractivity contribution in [2.45, 2.75) is 51.1 Å². The van der Waals surface area contributed by atoms with Crippen LogP contribution >= 0.6 is 0 Å². The zero-order chi connectivity index (χ0) is 22.6. The second-order valence-corrected chi connectivity index (χ2v) is 8.98. The molecular formula is C28H30N2O3. The van der Waals surface area contributed by atoms with E-state index in [0.717, 1.165) is 43.0 Å². The molecule has 0 saturated carbocycles. The molecule has 5 rings (SSSR count). The predicted molar refractivity (Wildman–Crippen MR) is 129 cm³/mol. The van der Waals surface area contributed by atoms with Crippen LogP contribution in [0.2, 0.25) is 0 Å². The Morgan fingerprint density at radius 1 is 0.939 bits per heavy atom. The van der Waals surface area contributed by atoms with Crippen molar-refractivity contribution < 1.29 is 14.3 Å². The summed E-state index contributed by atoms with van der Waals surface area (Å²) in [5.74, 6) is 2.15. The van der Waals surface area contributed by atoms with Gasteiger partial charge in [-0.05, 0) is 78.7 Å². The quantitative estimate of drug-likeness (QED) is 0.526. The lowest BCUT2D eigenvalue weighted by atomic mass is 9.99. The van der Waals surface area contributed by atoms with Gasteiger partial charge in [-0.15, -0.1) is 0 Å². The lowest BCUT2D eigenvalue weighted by molar-refractivity contribution is 0.192. The first kappa shape index (κ1) is 21.5. The van der Waals surface area contributed by atoms with E-state index < -0.39 is 6.09 Å². The van der Waals surface area contributed by atoms with Gasteiger partial charge in [0.25, 0.3) is 0 Å². The van der Waals surface area contributed by atoms with Gasteiger partial charge in [0.05, 0.1) is 0 Å². The highest BCUT2D eigenvalue weighted by Gasteiger charge is 2.23. The van der Waals surface area contributed by atoms with Gasteiger partial charge < -0.3 is 15.2 Å². The summed E-state index contributed by atoms with van der Waals surface area (Å²) in [5.41, 5.74) is 10.1. The number of carbonyl (C=O) groups excluding carboxylic acids is 1. The largest absolute Gasteiger partial charge is 0.457 e. The van der Waals surface area contributed by atoms with Gasteiger partial charge in [0.15, 0.2) is 0 Å². The molecular weight excluding hydrogens is 412 g/mol. The van der Waals surface area contributed by atoms with Crippen molar-refractivity contribution in [3.63, 3.8) is 0 Å². The Bertz CT molecular complexity index is 1130. The second kappa shape index (κ2) is 9.67. The topological polar surface area (TPSA) is 64.8 Å². The Hall–Kier alpha value is -3.31. The lowest BCUT2D eigenvalue weighted by Crippen LogP contribution is -2.28. The van der Waals surface area contributed by atoms with Crippen LogP contribution in [0, 0.1) is 0 Å². The van der Waals surface area contributed by atoms with E-state index in [1.165, 1.54) is 42.4 Å². The third-order valence-electron chi connectivity index (χ3n) is 6.69. The van der Waals surface area contributed by atoms with E-state index in [2.05, 4.69) is 53.4 Å². The van der Waals surface area contributed by atoms with Crippen LogP contribution in [0.3, 0.4) is 0 Å². The molecule has 0 spiro atoms. The van der Waals surface area contributed by atoms with Crippen molar-refractivity contribution in [1.82, 2.24) is 4.90 Å². The van der Waals surface area contributed by atoms with Crippen LogP contribution in [-0.2, 0) is 19.4 Å². The Kier molecular flexibility index (Phi) is 6.31.